The summed E-state index contributed by atoms with van der Waals surface area (Å²) in [5, 5.41) is 0. The number of halogens is 1. The van der Waals surface area contributed by atoms with Gasteiger partial charge in [-0.05, 0) is 25.0 Å². The molecule has 1 aliphatic carbocycles. The average Bonchev–Trinajstić information content (AvgIpc) is 2.85. The molecule has 1 saturated carbocycles. The van der Waals surface area contributed by atoms with Crippen LogP contribution in [0.4, 0.5) is 0 Å². The molecule has 2 rings (SSSR count). The quantitative estimate of drug-likeness (QED) is 0.846. The summed E-state index contributed by atoms with van der Waals surface area (Å²) in [7, 11) is 1.64. The first-order chi connectivity index (χ1) is 8.22. The molecule has 1 aliphatic rings. The lowest BCUT2D eigenvalue weighted by Crippen LogP contribution is -2.14. The largest absolute Gasteiger partial charge is 0.496 e. The van der Waals surface area contributed by atoms with Gasteiger partial charge in [-0.3, -0.25) is 4.79 Å². The Hall–Kier alpha value is -0.830. The molecule has 0 spiro atoms. The van der Waals surface area contributed by atoms with Crippen LogP contribution in [0.5, 0.6) is 5.75 Å². The van der Waals surface area contributed by atoms with Crippen molar-refractivity contribution in [2.24, 2.45) is 5.92 Å². The number of benzene rings is 1. The van der Waals surface area contributed by atoms with Crippen LogP contribution in [-0.4, -0.2) is 12.9 Å². The van der Waals surface area contributed by atoms with Crippen LogP contribution in [0.1, 0.15) is 31.2 Å². The van der Waals surface area contributed by atoms with Gasteiger partial charge in [-0.25, -0.2) is 0 Å². The Balaban J connectivity index is 2.14. The topological polar surface area (TPSA) is 26.3 Å². The molecule has 0 radical (unpaired) electrons. The number of Topliss-reactive ketones (excluding diaryl/α,β-unsaturated/α-hetero) is 1. The molecule has 0 atom stereocenters. The Morgan fingerprint density at radius 3 is 2.76 bits per heavy atom. The molecule has 0 heterocycles. The number of ether oxygens (including phenoxy) is 1. The lowest BCUT2D eigenvalue weighted by atomic mass is 9.96. The van der Waals surface area contributed by atoms with Gasteiger partial charge in [0.25, 0.3) is 0 Å². The summed E-state index contributed by atoms with van der Waals surface area (Å²) >= 11 is 3.49. The Kier molecular flexibility index (Phi) is 4.21. The molecule has 0 saturated heterocycles. The zero-order valence-electron chi connectivity index (χ0n) is 10.0. The predicted octanol–water partition coefficient (Wildman–Crippen LogP) is 3.76. The third-order valence-electron chi connectivity index (χ3n) is 3.46. The predicted molar refractivity (Wildman–Crippen MR) is 71.4 cm³/mol. The molecule has 1 fully saturated rings. The van der Waals surface area contributed by atoms with Crippen molar-refractivity contribution in [3.63, 3.8) is 0 Å². The van der Waals surface area contributed by atoms with Gasteiger partial charge in [0.05, 0.1) is 7.11 Å². The maximum absolute atomic E-state index is 12.2. The van der Waals surface area contributed by atoms with Crippen molar-refractivity contribution >= 4 is 21.7 Å². The normalized spacial score (nSPS) is 16.1. The minimum Gasteiger partial charge on any atom is -0.496 e. The zero-order chi connectivity index (χ0) is 12.3. The second-order valence-corrected chi connectivity index (χ2v) is 5.40. The number of hydrogen-bond donors (Lipinski definition) is 0. The third-order valence-corrected chi connectivity index (χ3v) is 4.20. The second kappa shape index (κ2) is 5.67. The van der Waals surface area contributed by atoms with E-state index >= 15 is 0 Å². The molecule has 2 nitrogen and oxygen atoms in total. The summed E-state index contributed by atoms with van der Waals surface area (Å²) in [6.45, 7) is 0. The molecule has 0 bridgehead atoms. The summed E-state index contributed by atoms with van der Waals surface area (Å²) in [5.74, 6) is 1.42. The van der Waals surface area contributed by atoms with E-state index in [1.807, 2.05) is 18.2 Å². The van der Waals surface area contributed by atoms with E-state index in [0.29, 0.717) is 12.2 Å². The molecule has 92 valence electrons. The molecule has 17 heavy (non-hydrogen) atoms. The number of methoxy groups -OCH3 is 1. The molecule has 0 aromatic heterocycles. The van der Waals surface area contributed by atoms with Crippen molar-refractivity contribution in [1.82, 2.24) is 0 Å². The summed E-state index contributed by atoms with van der Waals surface area (Å²) in [4.78, 5) is 12.2. The smallest absolute Gasteiger partial charge is 0.140 e. The van der Waals surface area contributed by atoms with Crippen LogP contribution >= 0.6 is 15.9 Å². The van der Waals surface area contributed by atoms with Gasteiger partial charge in [0, 0.05) is 22.4 Å². The Morgan fingerprint density at radius 1 is 1.41 bits per heavy atom. The maximum atomic E-state index is 12.2. The molecule has 1 aromatic rings. The van der Waals surface area contributed by atoms with E-state index in [4.69, 9.17) is 4.74 Å². The van der Waals surface area contributed by atoms with E-state index in [9.17, 15) is 4.79 Å². The van der Waals surface area contributed by atoms with Crippen LogP contribution in [0.25, 0.3) is 0 Å². The van der Waals surface area contributed by atoms with Crippen molar-refractivity contribution in [2.75, 3.05) is 7.11 Å². The van der Waals surface area contributed by atoms with Gasteiger partial charge >= 0.3 is 0 Å². The number of rotatable bonds is 4. The molecular formula is C14H17BrO2. The molecule has 3 heteroatoms. The lowest BCUT2D eigenvalue weighted by Gasteiger charge is -2.12. The minimum absolute atomic E-state index is 0.270. The summed E-state index contributed by atoms with van der Waals surface area (Å²) in [6, 6.07) is 5.79. The van der Waals surface area contributed by atoms with Gasteiger partial charge in [0.1, 0.15) is 11.5 Å². The molecule has 0 N–H and O–H groups in total. The first-order valence-electron chi connectivity index (χ1n) is 6.06. The van der Waals surface area contributed by atoms with E-state index in [-0.39, 0.29) is 5.92 Å². The number of hydrogen-bond acceptors (Lipinski definition) is 2. The van der Waals surface area contributed by atoms with Crippen molar-refractivity contribution in [3.8, 4) is 5.75 Å². The van der Waals surface area contributed by atoms with E-state index in [1.165, 1.54) is 12.8 Å². The van der Waals surface area contributed by atoms with Crippen LogP contribution in [0, 0.1) is 5.92 Å². The molecule has 0 amide bonds. The third kappa shape index (κ3) is 2.89. The van der Waals surface area contributed by atoms with Crippen LogP contribution in [-0.2, 0) is 11.2 Å². The fourth-order valence-electron chi connectivity index (χ4n) is 2.47. The van der Waals surface area contributed by atoms with Crippen molar-refractivity contribution in [3.05, 3.63) is 28.2 Å². The van der Waals surface area contributed by atoms with Crippen LogP contribution in [0.15, 0.2) is 22.7 Å². The van der Waals surface area contributed by atoms with Crippen LogP contribution < -0.4 is 4.74 Å². The number of carbonyl (C=O) groups is 1. The van der Waals surface area contributed by atoms with E-state index in [1.54, 1.807) is 7.11 Å². The number of carbonyl (C=O) groups excluding carboxylic acids is 1. The highest BCUT2D eigenvalue weighted by molar-refractivity contribution is 9.10. The van der Waals surface area contributed by atoms with Crippen molar-refractivity contribution in [2.45, 2.75) is 32.1 Å². The van der Waals surface area contributed by atoms with Crippen molar-refractivity contribution in [1.29, 1.82) is 0 Å². The summed E-state index contributed by atoms with van der Waals surface area (Å²) in [5.41, 5.74) is 0.979. The standard InChI is InChI=1S/C14H17BrO2/c1-17-14-8-4-7-12(15)11(14)9-13(16)10-5-2-3-6-10/h4,7-8,10H,2-3,5-6,9H2,1H3. The fourth-order valence-corrected chi connectivity index (χ4v) is 2.96. The first-order valence-corrected chi connectivity index (χ1v) is 6.85. The van der Waals surface area contributed by atoms with Gasteiger partial charge in [-0.2, -0.15) is 0 Å². The molecule has 0 unspecified atom stereocenters. The molecule has 0 aliphatic heterocycles. The van der Waals surface area contributed by atoms with Gasteiger partial charge in [-0.15, -0.1) is 0 Å². The SMILES string of the molecule is COc1cccc(Br)c1CC(=O)C1CCCC1. The van der Waals surface area contributed by atoms with Gasteiger partial charge < -0.3 is 4.74 Å². The highest BCUT2D eigenvalue weighted by Gasteiger charge is 2.24. The minimum atomic E-state index is 0.270. The van der Waals surface area contributed by atoms with Gasteiger partial charge in [0.2, 0.25) is 0 Å². The van der Waals surface area contributed by atoms with Gasteiger partial charge in [0.15, 0.2) is 0 Å². The average molecular weight is 297 g/mol. The Morgan fingerprint density at radius 2 is 2.12 bits per heavy atom. The number of ketones is 1. The monoisotopic (exact) mass is 296 g/mol. The van der Waals surface area contributed by atoms with Gasteiger partial charge in [-0.1, -0.05) is 34.8 Å². The highest BCUT2D eigenvalue weighted by atomic mass is 79.9. The van der Waals surface area contributed by atoms with Crippen molar-refractivity contribution < 1.29 is 9.53 Å². The van der Waals surface area contributed by atoms with Crippen LogP contribution in [0.2, 0.25) is 0 Å². The maximum Gasteiger partial charge on any atom is 0.140 e. The summed E-state index contributed by atoms with van der Waals surface area (Å²) in [6.07, 6.45) is 5.00. The Bertz CT molecular complexity index is 409. The van der Waals surface area contributed by atoms with E-state index in [2.05, 4.69) is 15.9 Å². The Labute approximate surface area is 110 Å². The fraction of sp³-hybridized carbons (Fsp3) is 0.500. The first kappa shape index (κ1) is 12.6. The van der Waals surface area contributed by atoms with E-state index < -0.39 is 0 Å². The zero-order valence-corrected chi connectivity index (χ0v) is 11.6. The lowest BCUT2D eigenvalue weighted by molar-refractivity contribution is -0.122. The molecular weight excluding hydrogens is 280 g/mol. The highest BCUT2D eigenvalue weighted by Crippen LogP contribution is 2.31. The molecule has 1 aromatic carbocycles. The van der Waals surface area contributed by atoms with Crippen LogP contribution in [0.3, 0.4) is 0 Å². The second-order valence-electron chi connectivity index (χ2n) is 4.55. The summed E-state index contributed by atoms with van der Waals surface area (Å²) < 4.78 is 6.27. The van der Waals surface area contributed by atoms with E-state index in [0.717, 1.165) is 28.6 Å².